The number of halogens is 2. The molecule has 1 aromatic carbocycles. The molecule has 1 aromatic rings. The van der Waals surface area contributed by atoms with E-state index in [-0.39, 0.29) is 0 Å². The van der Waals surface area contributed by atoms with Crippen LogP contribution in [0.4, 0.5) is 11.4 Å². The lowest BCUT2D eigenvalue weighted by atomic mass is 10.2. The molecular weight excluding hydrogens is 263 g/mol. The van der Waals surface area contributed by atoms with Crippen molar-refractivity contribution in [1.82, 2.24) is 0 Å². The largest absolute Gasteiger partial charge is 0.397 e. The lowest BCUT2D eigenvalue weighted by Crippen LogP contribution is -2.19. The summed E-state index contributed by atoms with van der Waals surface area (Å²) >= 11 is 9.40. The lowest BCUT2D eigenvalue weighted by Gasteiger charge is -2.21. The molecule has 4 heteroatoms. The molecule has 0 amide bonds. The van der Waals surface area contributed by atoms with Crippen LogP contribution in [0, 0.1) is 0 Å². The molecule has 0 aliphatic carbocycles. The van der Waals surface area contributed by atoms with Crippen LogP contribution in [0.1, 0.15) is 12.8 Å². The molecule has 2 rings (SSSR count). The zero-order chi connectivity index (χ0) is 10.1. The monoisotopic (exact) mass is 274 g/mol. The van der Waals surface area contributed by atoms with Crippen LogP contribution in [-0.2, 0) is 0 Å². The highest BCUT2D eigenvalue weighted by Crippen LogP contribution is 2.36. The standard InChI is InChI=1S/C10H12BrClN2/c11-8-5-7(12)6-9(13)10(8)14-3-1-2-4-14/h5-6H,1-4,13H2. The molecule has 0 spiro atoms. The number of hydrogen-bond acceptors (Lipinski definition) is 2. The van der Waals surface area contributed by atoms with Crippen molar-refractivity contribution < 1.29 is 0 Å². The number of rotatable bonds is 1. The smallest absolute Gasteiger partial charge is 0.0745 e. The molecule has 76 valence electrons. The number of nitrogens with zero attached hydrogens (tertiary/aromatic N) is 1. The molecule has 0 radical (unpaired) electrons. The Morgan fingerprint density at radius 3 is 2.50 bits per heavy atom. The predicted octanol–water partition coefficient (Wildman–Crippen LogP) is 3.28. The summed E-state index contributed by atoms with van der Waals surface area (Å²) in [7, 11) is 0. The van der Waals surface area contributed by atoms with Crippen LogP contribution >= 0.6 is 27.5 Å². The van der Waals surface area contributed by atoms with Gasteiger partial charge >= 0.3 is 0 Å². The second kappa shape index (κ2) is 3.99. The Kier molecular flexibility index (Phi) is 2.88. The van der Waals surface area contributed by atoms with Gasteiger partial charge in [-0.1, -0.05) is 11.6 Å². The van der Waals surface area contributed by atoms with Crippen LogP contribution < -0.4 is 10.6 Å². The molecule has 0 unspecified atom stereocenters. The summed E-state index contributed by atoms with van der Waals surface area (Å²) in [5.74, 6) is 0. The van der Waals surface area contributed by atoms with E-state index in [4.69, 9.17) is 17.3 Å². The van der Waals surface area contributed by atoms with E-state index in [1.54, 1.807) is 6.07 Å². The van der Waals surface area contributed by atoms with E-state index in [1.807, 2.05) is 6.07 Å². The topological polar surface area (TPSA) is 29.3 Å². The van der Waals surface area contributed by atoms with E-state index >= 15 is 0 Å². The van der Waals surface area contributed by atoms with Gasteiger partial charge in [-0.3, -0.25) is 0 Å². The maximum absolute atomic E-state index is 5.95. The quantitative estimate of drug-likeness (QED) is 0.797. The summed E-state index contributed by atoms with van der Waals surface area (Å²) in [5.41, 5.74) is 7.79. The maximum Gasteiger partial charge on any atom is 0.0745 e. The Balaban J connectivity index is 2.40. The average molecular weight is 276 g/mol. The molecular formula is C10H12BrClN2. The van der Waals surface area contributed by atoms with Crippen molar-refractivity contribution in [2.45, 2.75) is 12.8 Å². The van der Waals surface area contributed by atoms with Crippen molar-refractivity contribution in [3.63, 3.8) is 0 Å². The third-order valence-electron chi connectivity index (χ3n) is 2.48. The molecule has 2 nitrogen and oxygen atoms in total. The summed E-state index contributed by atoms with van der Waals surface area (Å²) < 4.78 is 0.990. The second-order valence-electron chi connectivity index (χ2n) is 3.52. The van der Waals surface area contributed by atoms with E-state index in [1.165, 1.54) is 12.8 Å². The van der Waals surface area contributed by atoms with Gasteiger partial charge in [-0.25, -0.2) is 0 Å². The van der Waals surface area contributed by atoms with Crippen molar-refractivity contribution in [3.8, 4) is 0 Å². The first-order valence-corrected chi connectivity index (χ1v) is 5.85. The van der Waals surface area contributed by atoms with Gasteiger partial charge < -0.3 is 10.6 Å². The second-order valence-corrected chi connectivity index (χ2v) is 4.81. The highest BCUT2D eigenvalue weighted by Gasteiger charge is 2.17. The Morgan fingerprint density at radius 1 is 1.29 bits per heavy atom. The van der Waals surface area contributed by atoms with Gasteiger partial charge in [0, 0.05) is 22.6 Å². The highest BCUT2D eigenvalue weighted by molar-refractivity contribution is 9.10. The Morgan fingerprint density at radius 2 is 1.93 bits per heavy atom. The number of nitrogen functional groups attached to an aromatic ring is 1. The van der Waals surface area contributed by atoms with Gasteiger partial charge in [0.05, 0.1) is 11.4 Å². The van der Waals surface area contributed by atoms with Gasteiger partial charge in [0.25, 0.3) is 0 Å². The van der Waals surface area contributed by atoms with Crippen molar-refractivity contribution in [2.75, 3.05) is 23.7 Å². The first-order chi connectivity index (χ1) is 6.68. The van der Waals surface area contributed by atoms with Crippen molar-refractivity contribution >= 4 is 38.9 Å². The van der Waals surface area contributed by atoms with Gasteiger partial charge in [0.1, 0.15) is 0 Å². The van der Waals surface area contributed by atoms with Gasteiger partial charge in [0.2, 0.25) is 0 Å². The van der Waals surface area contributed by atoms with Crippen LogP contribution in [0.3, 0.4) is 0 Å². The van der Waals surface area contributed by atoms with E-state index in [0.29, 0.717) is 5.02 Å². The van der Waals surface area contributed by atoms with E-state index in [2.05, 4.69) is 20.8 Å². The van der Waals surface area contributed by atoms with Crippen LogP contribution in [0.25, 0.3) is 0 Å². The average Bonchev–Trinajstić information content (AvgIpc) is 2.54. The number of anilines is 2. The molecule has 2 N–H and O–H groups in total. The predicted molar refractivity (Wildman–Crippen MR) is 65.0 cm³/mol. The Hall–Kier alpha value is -0.410. The fraction of sp³-hybridized carbons (Fsp3) is 0.400. The molecule has 1 aliphatic heterocycles. The fourth-order valence-corrected chi connectivity index (χ4v) is 2.95. The minimum Gasteiger partial charge on any atom is -0.397 e. The summed E-state index contributed by atoms with van der Waals surface area (Å²) in [6.45, 7) is 2.18. The van der Waals surface area contributed by atoms with Crippen LogP contribution in [0.2, 0.25) is 5.02 Å². The SMILES string of the molecule is Nc1cc(Cl)cc(Br)c1N1CCCC1. The third-order valence-corrected chi connectivity index (χ3v) is 3.30. The van der Waals surface area contributed by atoms with Crippen molar-refractivity contribution in [2.24, 2.45) is 0 Å². The molecule has 0 bridgehead atoms. The molecule has 1 heterocycles. The molecule has 0 saturated carbocycles. The maximum atomic E-state index is 5.95. The van der Waals surface area contributed by atoms with Crippen LogP contribution in [-0.4, -0.2) is 13.1 Å². The molecule has 14 heavy (non-hydrogen) atoms. The van der Waals surface area contributed by atoms with E-state index in [9.17, 15) is 0 Å². The zero-order valence-corrected chi connectivity index (χ0v) is 10.1. The van der Waals surface area contributed by atoms with Gasteiger partial charge in [0.15, 0.2) is 0 Å². The van der Waals surface area contributed by atoms with E-state index < -0.39 is 0 Å². The summed E-state index contributed by atoms with van der Waals surface area (Å²) in [4.78, 5) is 2.30. The number of hydrogen-bond donors (Lipinski definition) is 1. The minimum absolute atomic E-state index is 0.678. The molecule has 1 fully saturated rings. The lowest BCUT2D eigenvalue weighted by molar-refractivity contribution is 0.949. The third kappa shape index (κ3) is 1.84. The Bertz CT molecular complexity index is 325. The van der Waals surface area contributed by atoms with Gasteiger partial charge in [-0.15, -0.1) is 0 Å². The molecule has 0 aromatic heterocycles. The minimum atomic E-state index is 0.678. The van der Waals surface area contributed by atoms with Crippen LogP contribution in [0.5, 0.6) is 0 Å². The first-order valence-electron chi connectivity index (χ1n) is 4.68. The highest BCUT2D eigenvalue weighted by atomic mass is 79.9. The zero-order valence-electron chi connectivity index (χ0n) is 7.76. The molecule has 1 aliphatic rings. The van der Waals surface area contributed by atoms with Gasteiger partial charge in [-0.2, -0.15) is 0 Å². The fourth-order valence-electron chi connectivity index (χ4n) is 1.86. The summed E-state index contributed by atoms with van der Waals surface area (Å²) in [6.07, 6.45) is 2.49. The van der Waals surface area contributed by atoms with E-state index in [0.717, 1.165) is 28.9 Å². The number of nitrogens with two attached hydrogens (primary N) is 1. The van der Waals surface area contributed by atoms with Crippen LogP contribution in [0.15, 0.2) is 16.6 Å². The normalized spacial score (nSPS) is 16.3. The van der Waals surface area contributed by atoms with Crippen molar-refractivity contribution in [1.29, 1.82) is 0 Å². The summed E-state index contributed by atoms with van der Waals surface area (Å²) in [6, 6.07) is 3.70. The first kappa shape index (κ1) is 10.1. The summed E-state index contributed by atoms with van der Waals surface area (Å²) in [5, 5.41) is 0.678. The van der Waals surface area contributed by atoms with Crippen molar-refractivity contribution in [3.05, 3.63) is 21.6 Å². The number of benzene rings is 1. The molecule has 1 saturated heterocycles. The van der Waals surface area contributed by atoms with Gasteiger partial charge in [-0.05, 0) is 40.9 Å². The molecule has 0 atom stereocenters. The Labute approximate surface area is 97.2 Å².